The first kappa shape index (κ1) is 21.0. The van der Waals surface area contributed by atoms with Crippen LogP contribution in [0.2, 0.25) is 0 Å². The zero-order valence-electron chi connectivity index (χ0n) is 18.2. The summed E-state index contributed by atoms with van der Waals surface area (Å²) in [4.78, 5) is 39.6. The third-order valence-corrected chi connectivity index (χ3v) is 6.66. The van der Waals surface area contributed by atoms with Crippen LogP contribution in [0.1, 0.15) is 36.1 Å². The minimum Gasteiger partial charge on any atom is -0.465 e. The Labute approximate surface area is 191 Å². The van der Waals surface area contributed by atoms with Gasteiger partial charge in [0.15, 0.2) is 0 Å². The number of amides is 3. The van der Waals surface area contributed by atoms with Gasteiger partial charge in [0, 0.05) is 6.42 Å². The van der Waals surface area contributed by atoms with Gasteiger partial charge in [0.1, 0.15) is 12.1 Å². The van der Waals surface area contributed by atoms with Gasteiger partial charge in [-0.05, 0) is 47.2 Å². The van der Waals surface area contributed by atoms with Crippen LogP contribution < -0.4 is 15.5 Å². The summed E-state index contributed by atoms with van der Waals surface area (Å²) in [6.07, 6.45) is 0.0861. The van der Waals surface area contributed by atoms with E-state index in [2.05, 4.69) is 10.6 Å². The van der Waals surface area contributed by atoms with Gasteiger partial charge in [-0.1, -0.05) is 60.7 Å². The molecule has 3 aromatic rings. The summed E-state index contributed by atoms with van der Waals surface area (Å²) in [5.41, 5.74) is 3.67. The van der Waals surface area contributed by atoms with Crippen LogP contribution in [0.4, 0.5) is 10.5 Å². The lowest BCUT2D eigenvalue weighted by Gasteiger charge is -2.28. The van der Waals surface area contributed by atoms with Crippen molar-refractivity contribution < 1.29 is 19.5 Å². The molecule has 3 unspecified atom stereocenters. The molecule has 0 saturated heterocycles. The number of rotatable bonds is 4. The first-order valence-electron chi connectivity index (χ1n) is 11.2. The van der Waals surface area contributed by atoms with Crippen molar-refractivity contribution >= 4 is 34.4 Å². The average molecular weight is 444 g/mol. The number of para-hydroxylation sites is 1. The van der Waals surface area contributed by atoms with Gasteiger partial charge < -0.3 is 15.7 Å². The Morgan fingerprint density at radius 1 is 1.03 bits per heavy atom. The third kappa shape index (κ3) is 3.69. The van der Waals surface area contributed by atoms with Gasteiger partial charge in [-0.3, -0.25) is 14.5 Å². The Balaban J connectivity index is 1.45. The number of hydrogen-bond donors (Lipinski definition) is 3. The van der Waals surface area contributed by atoms with Crippen LogP contribution in [-0.4, -0.2) is 35.1 Å². The van der Waals surface area contributed by atoms with E-state index >= 15 is 0 Å². The molecule has 0 saturated carbocycles. The summed E-state index contributed by atoms with van der Waals surface area (Å²) in [5, 5.41) is 16.8. The Hall–Kier alpha value is -3.87. The van der Waals surface area contributed by atoms with E-state index in [1.54, 1.807) is 0 Å². The predicted molar refractivity (Wildman–Crippen MR) is 125 cm³/mol. The molecule has 0 spiro atoms. The van der Waals surface area contributed by atoms with E-state index in [-0.39, 0.29) is 17.9 Å². The second kappa shape index (κ2) is 8.24. The predicted octanol–water partition coefficient (Wildman–Crippen LogP) is 3.56. The van der Waals surface area contributed by atoms with Crippen molar-refractivity contribution in [2.45, 2.75) is 44.3 Å². The quantitative estimate of drug-likeness (QED) is 0.574. The molecule has 0 radical (unpaired) electrons. The minimum absolute atomic E-state index is 0.248. The molecule has 3 amide bonds. The maximum Gasteiger partial charge on any atom is 0.405 e. The molecule has 3 N–H and O–H groups in total. The monoisotopic (exact) mass is 443 g/mol. The summed E-state index contributed by atoms with van der Waals surface area (Å²) in [7, 11) is 0. The van der Waals surface area contributed by atoms with Crippen LogP contribution in [0.15, 0.2) is 60.7 Å². The van der Waals surface area contributed by atoms with Crippen molar-refractivity contribution in [2.24, 2.45) is 0 Å². The SMILES string of the molecule is CC(NC(=O)C1Cc2cccc3c2N1C(=O)C(NC(=O)O)CC3)c1cccc2ccccc12. The second-order valence-electron chi connectivity index (χ2n) is 8.69. The number of hydrogen-bond acceptors (Lipinski definition) is 3. The molecule has 0 bridgehead atoms. The maximum atomic E-state index is 13.5. The number of carboxylic acid groups (broad SMARTS) is 1. The highest BCUT2D eigenvalue weighted by atomic mass is 16.4. The van der Waals surface area contributed by atoms with Crippen molar-refractivity contribution in [1.29, 1.82) is 0 Å². The van der Waals surface area contributed by atoms with Crippen molar-refractivity contribution in [2.75, 3.05) is 4.90 Å². The van der Waals surface area contributed by atoms with E-state index in [0.29, 0.717) is 19.3 Å². The van der Waals surface area contributed by atoms with E-state index in [4.69, 9.17) is 0 Å². The lowest BCUT2D eigenvalue weighted by atomic mass is 9.99. The number of aryl methyl sites for hydroxylation is 1. The smallest absolute Gasteiger partial charge is 0.405 e. The highest BCUT2D eigenvalue weighted by molar-refractivity contribution is 6.07. The summed E-state index contributed by atoms with van der Waals surface area (Å²) >= 11 is 0. The molecule has 3 atom stereocenters. The van der Waals surface area contributed by atoms with E-state index in [1.807, 2.05) is 67.6 Å². The molecule has 2 heterocycles. The van der Waals surface area contributed by atoms with E-state index in [9.17, 15) is 19.5 Å². The Bertz CT molecular complexity index is 1270. The fourth-order valence-corrected chi connectivity index (χ4v) is 5.14. The second-order valence-corrected chi connectivity index (χ2v) is 8.69. The van der Waals surface area contributed by atoms with E-state index in [0.717, 1.165) is 33.2 Å². The van der Waals surface area contributed by atoms with Crippen LogP contribution in [0.25, 0.3) is 10.8 Å². The van der Waals surface area contributed by atoms with Crippen LogP contribution >= 0.6 is 0 Å². The number of benzene rings is 3. The first-order chi connectivity index (χ1) is 15.9. The fraction of sp³-hybridized carbons (Fsp3) is 0.269. The van der Waals surface area contributed by atoms with Gasteiger partial charge in [-0.25, -0.2) is 4.79 Å². The summed E-state index contributed by atoms with van der Waals surface area (Å²) < 4.78 is 0. The van der Waals surface area contributed by atoms with Gasteiger partial charge in [0.05, 0.1) is 11.7 Å². The van der Waals surface area contributed by atoms with Crippen LogP contribution in [-0.2, 0) is 22.4 Å². The number of carbonyl (C=O) groups excluding carboxylic acids is 2. The largest absolute Gasteiger partial charge is 0.465 e. The van der Waals surface area contributed by atoms with Crippen molar-refractivity contribution in [3.05, 3.63) is 77.4 Å². The van der Waals surface area contributed by atoms with Gasteiger partial charge >= 0.3 is 6.09 Å². The highest BCUT2D eigenvalue weighted by Crippen LogP contribution is 2.39. The number of carbonyl (C=O) groups is 3. The molecule has 33 heavy (non-hydrogen) atoms. The molecular formula is C26H25N3O4. The number of nitrogens with zero attached hydrogens (tertiary/aromatic N) is 1. The number of nitrogens with one attached hydrogen (secondary N) is 2. The van der Waals surface area contributed by atoms with E-state index in [1.165, 1.54) is 4.90 Å². The van der Waals surface area contributed by atoms with E-state index < -0.39 is 18.2 Å². The van der Waals surface area contributed by atoms with Crippen LogP contribution in [0.3, 0.4) is 0 Å². The molecule has 0 aliphatic carbocycles. The molecule has 5 rings (SSSR count). The van der Waals surface area contributed by atoms with Crippen molar-refractivity contribution in [3.8, 4) is 0 Å². The third-order valence-electron chi connectivity index (χ3n) is 6.66. The minimum atomic E-state index is -1.25. The molecular weight excluding hydrogens is 418 g/mol. The van der Waals surface area contributed by atoms with Crippen molar-refractivity contribution in [3.63, 3.8) is 0 Å². The molecule has 0 aromatic heterocycles. The number of fused-ring (bicyclic) bond motifs is 1. The van der Waals surface area contributed by atoms with Crippen LogP contribution in [0.5, 0.6) is 0 Å². The zero-order valence-corrected chi connectivity index (χ0v) is 18.2. The standard InChI is InChI=1S/C26H25N3O4/c1-15(19-11-5-7-16-6-2-3-10-20(16)19)27-24(30)22-14-18-9-4-8-17-12-13-21(28-26(32)33)25(31)29(22)23(17)18/h2-11,15,21-22,28H,12-14H2,1H3,(H,27,30)(H,32,33). The number of anilines is 1. The Morgan fingerprint density at radius 2 is 1.76 bits per heavy atom. The molecule has 3 aromatic carbocycles. The highest BCUT2D eigenvalue weighted by Gasteiger charge is 2.44. The van der Waals surface area contributed by atoms with Crippen LogP contribution in [0, 0.1) is 0 Å². The molecule has 7 heteroatoms. The fourth-order valence-electron chi connectivity index (χ4n) is 5.14. The van der Waals surface area contributed by atoms with Gasteiger partial charge in [0.25, 0.3) is 0 Å². The average Bonchev–Trinajstić information content (AvgIpc) is 3.15. The first-order valence-corrected chi connectivity index (χ1v) is 11.2. The summed E-state index contributed by atoms with van der Waals surface area (Å²) in [5.74, 6) is -0.624. The Kier molecular flexibility index (Phi) is 5.24. The van der Waals surface area contributed by atoms with Gasteiger partial charge in [-0.2, -0.15) is 0 Å². The lowest BCUT2D eigenvalue weighted by Crippen LogP contribution is -2.54. The molecule has 0 fully saturated rings. The maximum absolute atomic E-state index is 13.5. The molecule has 2 aliphatic rings. The lowest BCUT2D eigenvalue weighted by molar-refractivity contribution is -0.127. The molecule has 2 aliphatic heterocycles. The van der Waals surface area contributed by atoms with Crippen molar-refractivity contribution in [1.82, 2.24) is 10.6 Å². The Morgan fingerprint density at radius 3 is 2.58 bits per heavy atom. The topological polar surface area (TPSA) is 98.7 Å². The van der Waals surface area contributed by atoms with Gasteiger partial charge in [0.2, 0.25) is 11.8 Å². The summed E-state index contributed by atoms with van der Waals surface area (Å²) in [6.45, 7) is 1.94. The molecule has 168 valence electrons. The van der Waals surface area contributed by atoms with Gasteiger partial charge in [-0.15, -0.1) is 0 Å². The normalized spacial score (nSPS) is 20.2. The molecule has 7 nitrogen and oxygen atoms in total. The summed E-state index contributed by atoms with van der Waals surface area (Å²) in [6, 6.07) is 18.0. The zero-order chi connectivity index (χ0) is 23.1.